The van der Waals surface area contributed by atoms with Crippen molar-refractivity contribution in [2.45, 2.75) is 88.0 Å². The van der Waals surface area contributed by atoms with Crippen molar-refractivity contribution < 1.29 is 0 Å². The third-order valence-corrected chi connectivity index (χ3v) is 5.69. The van der Waals surface area contributed by atoms with Crippen molar-refractivity contribution in [1.29, 1.82) is 0 Å². The molecule has 0 aliphatic carbocycles. The highest BCUT2D eigenvalue weighted by molar-refractivity contribution is 5.47. The van der Waals surface area contributed by atoms with Gasteiger partial charge in [0.2, 0.25) is 0 Å². The molecule has 0 aliphatic rings. The summed E-state index contributed by atoms with van der Waals surface area (Å²) in [6, 6.07) is 0. The van der Waals surface area contributed by atoms with Crippen LogP contribution in [0.2, 0.25) is 0 Å². The Bertz CT molecular complexity index is 684. The van der Waals surface area contributed by atoms with E-state index in [1.807, 2.05) is 0 Å². The summed E-state index contributed by atoms with van der Waals surface area (Å²) in [4.78, 5) is 0. The smallest absolute Gasteiger partial charge is 0.000287 e. The lowest BCUT2D eigenvalue weighted by atomic mass is 9.80. The van der Waals surface area contributed by atoms with E-state index >= 15 is 0 Å². The van der Waals surface area contributed by atoms with Crippen LogP contribution in [-0.4, -0.2) is 0 Å². The molecule has 0 fully saturated rings. The summed E-state index contributed by atoms with van der Waals surface area (Å²) in [5.74, 6) is 1.07. The maximum Gasteiger partial charge on any atom is 0.000287 e. The molecule has 0 aromatic heterocycles. The summed E-state index contributed by atoms with van der Waals surface area (Å²) in [5, 5.41) is 0. The van der Waals surface area contributed by atoms with Gasteiger partial charge in [-0.25, -0.2) is 0 Å². The van der Waals surface area contributed by atoms with Gasteiger partial charge < -0.3 is 0 Å². The average molecular weight is 395 g/mol. The highest BCUT2D eigenvalue weighted by Crippen LogP contribution is 2.35. The van der Waals surface area contributed by atoms with Gasteiger partial charge in [-0.05, 0) is 96.8 Å². The van der Waals surface area contributed by atoms with E-state index in [4.69, 9.17) is 0 Å². The molecule has 0 saturated heterocycles. The maximum atomic E-state index is 4.12. The van der Waals surface area contributed by atoms with Crippen molar-refractivity contribution in [3.8, 4) is 0 Å². The lowest BCUT2D eigenvalue weighted by Gasteiger charge is -2.25. The molecule has 0 nitrogen and oxygen atoms in total. The molecular formula is C29H46. The first-order chi connectivity index (χ1) is 13.8. The summed E-state index contributed by atoms with van der Waals surface area (Å²) in [7, 11) is 0. The molecular weight excluding hydrogens is 348 g/mol. The van der Waals surface area contributed by atoms with Crippen LogP contribution in [-0.2, 0) is 0 Å². The van der Waals surface area contributed by atoms with E-state index in [0.717, 1.165) is 25.7 Å². The lowest BCUT2D eigenvalue weighted by Crippen LogP contribution is -2.11. The Morgan fingerprint density at radius 2 is 1.48 bits per heavy atom. The molecule has 0 N–H and O–H groups in total. The molecule has 0 aromatic carbocycles. The number of rotatable bonds is 12. The van der Waals surface area contributed by atoms with Crippen LogP contribution in [0.5, 0.6) is 0 Å². The van der Waals surface area contributed by atoms with Crippen LogP contribution in [0, 0.1) is 11.8 Å². The molecule has 0 spiro atoms. The Balaban J connectivity index is 6.48. The summed E-state index contributed by atoms with van der Waals surface area (Å²) in [5.41, 5.74) is 8.60. The Hall–Kier alpha value is -1.82. The molecule has 0 radical (unpaired) electrons. The molecule has 0 saturated carbocycles. The van der Waals surface area contributed by atoms with Gasteiger partial charge in [-0.1, -0.05) is 73.1 Å². The average Bonchev–Trinajstić information content (AvgIpc) is 2.69. The quantitative estimate of drug-likeness (QED) is 0.228. The van der Waals surface area contributed by atoms with E-state index in [2.05, 4.69) is 111 Å². The fourth-order valence-electron chi connectivity index (χ4n) is 3.76. The second kappa shape index (κ2) is 15.1. The fourth-order valence-corrected chi connectivity index (χ4v) is 3.76. The van der Waals surface area contributed by atoms with Gasteiger partial charge in [0.25, 0.3) is 0 Å². The molecule has 0 aromatic rings. The summed E-state index contributed by atoms with van der Waals surface area (Å²) in [6.07, 6.45) is 20.1. The van der Waals surface area contributed by atoms with Crippen LogP contribution >= 0.6 is 0 Å². The van der Waals surface area contributed by atoms with E-state index in [9.17, 15) is 0 Å². The van der Waals surface area contributed by atoms with Gasteiger partial charge in [0.1, 0.15) is 0 Å². The summed E-state index contributed by atoms with van der Waals surface area (Å²) < 4.78 is 0. The van der Waals surface area contributed by atoms with Crippen molar-refractivity contribution >= 4 is 0 Å². The van der Waals surface area contributed by atoms with Crippen molar-refractivity contribution in [3.05, 3.63) is 82.5 Å². The van der Waals surface area contributed by atoms with Crippen molar-refractivity contribution in [2.75, 3.05) is 0 Å². The van der Waals surface area contributed by atoms with Crippen LogP contribution in [0.3, 0.4) is 0 Å². The van der Waals surface area contributed by atoms with Gasteiger partial charge in [-0.15, -0.1) is 6.58 Å². The molecule has 1 unspecified atom stereocenters. The van der Waals surface area contributed by atoms with Crippen molar-refractivity contribution in [3.63, 3.8) is 0 Å². The zero-order chi connectivity index (χ0) is 22.4. The molecule has 0 amide bonds. The molecule has 1 atom stereocenters. The van der Waals surface area contributed by atoms with Crippen LogP contribution in [0.25, 0.3) is 0 Å². The van der Waals surface area contributed by atoms with Gasteiger partial charge in [0.15, 0.2) is 0 Å². The second-order valence-corrected chi connectivity index (χ2v) is 8.31. The highest BCUT2D eigenvalue weighted by atomic mass is 14.2. The molecule has 0 aliphatic heterocycles. The second-order valence-electron chi connectivity index (χ2n) is 8.31. The predicted octanol–water partition coefficient (Wildman–Crippen LogP) is 9.70. The van der Waals surface area contributed by atoms with E-state index in [1.54, 1.807) is 0 Å². The first-order valence-electron chi connectivity index (χ1n) is 11.3. The number of hydrogen-bond donors (Lipinski definition) is 0. The van der Waals surface area contributed by atoms with Gasteiger partial charge >= 0.3 is 0 Å². The fraction of sp³-hybridized carbons (Fsp3) is 0.517. The van der Waals surface area contributed by atoms with Crippen LogP contribution in [0.15, 0.2) is 82.5 Å². The Labute approximate surface area is 182 Å². The van der Waals surface area contributed by atoms with Crippen LogP contribution in [0.4, 0.5) is 0 Å². The topological polar surface area (TPSA) is 0 Å². The van der Waals surface area contributed by atoms with Crippen molar-refractivity contribution in [1.82, 2.24) is 0 Å². The van der Waals surface area contributed by atoms with Crippen LogP contribution in [0.1, 0.15) is 88.0 Å². The third kappa shape index (κ3) is 9.48. The van der Waals surface area contributed by atoms with E-state index < -0.39 is 0 Å². The van der Waals surface area contributed by atoms with Crippen molar-refractivity contribution in [2.24, 2.45) is 11.8 Å². The Morgan fingerprint density at radius 3 is 1.90 bits per heavy atom. The zero-order valence-corrected chi connectivity index (χ0v) is 20.7. The summed E-state index contributed by atoms with van der Waals surface area (Å²) in [6.45, 7) is 23.9. The van der Waals surface area contributed by atoms with Crippen LogP contribution < -0.4 is 0 Å². The molecule has 0 rings (SSSR count). The summed E-state index contributed by atoms with van der Waals surface area (Å²) >= 11 is 0. The normalized spacial score (nSPS) is 16.1. The first kappa shape index (κ1) is 27.2. The minimum Gasteiger partial charge on any atom is -0.100 e. The maximum absolute atomic E-state index is 4.12. The largest absolute Gasteiger partial charge is 0.100 e. The number of hydrogen-bond acceptors (Lipinski definition) is 0. The third-order valence-electron chi connectivity index (χ3n) is 5.69. The molecule has 0 bridgehead atoms. The molecule has 0 heteroatoms. The highest BCUT2D eigenvalue weighted by Gasteiger charge is 2.19. The lowest BCUT2D eigenvalue weighted by molar-refractivity contribution is 0.516. The molecule has 29 heavy (non-hydrogen) atoms. The van der Waals surface area contributed by atoms with E-state index in [1.165, 1.54) is 33.4 Å². The minimum absolute atomic E-state index is 0.483. The predicted molar refractivity (Wildman–Crippen MR) is 135 cm³/mol. The van der Waals surface area contributed by atoms with Gasteiger partial charge in [-0.2, -0.15) is 0 Å². The van der Waals surface area contributed by atoms with E-state index in [0.29, 0.717) is 11.8 Å². The monoisotopic (exact) mass is 394 g/mol. The Kier molecular flexibility index (Phi) is 14.1. The number of allylic oxidation sites excluding steroid dienone is 13. The molecule has 0 heterocycles. The zero-order valence-electron chi connectivity index (χ0n) is 20.7. The first-order valence-corrected chi connectivity index (χ1v) is 11.3. The minimum atomic E-state index is 0.483. The Morgan fingerprint density at radius 1 is 0.828 bits per heavy atom. The SMILES string of the molecule is C=C(C)CCC(=CC)C(CC=CC)=C(CC(=CC)C(C=CC)C(C)C)C(C)=CC. The van der Waals surface area contributed by atoms with Gasteiger partial charge in [0.05, 0.1) is 0 Å². The standard InChI is InChI=1S/C29H46/c1-11-16-18-28(25(14-4)20-19-22(6)7)29(24(10)13-3)21-26(15-5)27(17-12-2)23(8)9/h11-17,23,27H,6,18-21H2,1-5,7-10H3. The van der Waals surface area contributed by atoms with Gasteiger partial charge in [0, 0.05) is 5.92 Å². The molecule has 162 valence electrons. The van der Waals surface area contributed by atoms with Gasteiger partial charge in [-0.3, -0.25) is 0 Å². The van der Waals surface area contributed by atoms with E-state index in [-0.39, 0.29) is 0 Å².